The molecule has 2 atom stereocenters. The van der Waals surface area contributed by atoms with Crippen molar-refractivity contribution in [3.8, 4) is 5.75 Å². The summed E-state index contributed by atoms with van der Waals surface area (Å²) >= 11 is 3.23. The van der Waals surface area contributed by atoms with Crippen LogP contribution in [0.5, 0.6) is 5.75 Å². The lowest BCUT2D eigenvalue weighted by atomic mass is 9.91. The normalized spacial score (nSPS) is 28.7. The molecule has 0 bridgehead atoms. The van der Waals surface area contributed by atoms with Crippen LogP contribution in [0.25, 0.3) is 0 Å². The maximum absolute atomic E-state index is 11.1. The van der Waals surface area contributed by atoms with E-state index in [0.29, 0.717) is 23.4 Å². The number of carboxylic acids is 1. The van der Waals surface area contributed by atoms with Crippen LogP contribution in [0.3, 0.4) is 0 Å². The molecule has 0 aliphatic carbocycles. The molecule has 0 radical (unpaired) electrons. The Labute approximate surface area is 131 Å². The van der Waals surface area contributed by atoms with Gasteiger partial charge in [0, 0.05) is 30.3 Å². The molecule has 2 saturated heterocycles. The third kappa shape index (κ3) is 3.22. The number of halogens is 1. The van der Waals surface area contributed by atoms with E-state index >= 15 is 0 Å². The molecule has 5 nitrogen and oxygen atoms in total. The van der Waals surface area contributed by atoms with Gasteiger partial charge in [0.25, 0.3) is 0 Å². The minimum atomic E-state index is -0.972. The SMILES string of the molecule is O=C(O)c1cc(OC2CCOC3(CCOC3)C2)ccc1Br. The van der Waals surface area contributed by atoms with Gasteiger partial charge >= 0.3 is 5.97 Å². The van der Waals surface area contributed by atoms with Crippen LogP contribution in [0.15, 0.2) is 22.7 Å². The number of aromatic carboxylic acids is 1. The molecule has 3 rings (SSSR count). The van der Waals surface area contributed by atoms with E-state index in [1.165, 1.54) is 0 Å². The van der Waals surface area contributed by atoms with Crippen molar-refractivity contribution in [1.82, 2.24) is 0 Å². The molecule has 21 heavy (non-hydrogen) atoms. The highest BCUT2D eigenvalue weighted by Crippen LogP contribution is 2.35. The predicted octanol–water partition coefficient (Wildman–Crippen LogP) is 2.86. The van der Waals surface area contributed by atoms with Crippen LogP contribution < -0.4 is 4.74 Å². The fourth-order valence-electron chi connectivity index (χ4n) is 2.88. The first-order valence-electron chi connectivity index (χ1n) is 6.99. The largest absolute Gasteiger partial charge is 0.490 e. The lowest BCUT2D eigenvalue weighted by Crippen LogP contribution is -2.44. The van der Waals surface area contributed by atoms with Crippen LogP contribution in [-0.4, -0.2) is 42.6 Å². The topological polar surface area (TPSA) is 65.0 Å². The summed E-state index contributed by atoms with van der Waals surface area (Å²) in [6.45, 7) is 2.00. The van der Waals surface area contributed by atoms with E-state index in [9.17, 15) is 4.79 Å². The monoisotopic (exact) mass is 356 g/mol. The van der Waals surface area contributed by atoms with Crippen LogP contribution in [0.1, 0.15) is 29.6 Å². The van der Waals surface area contributed by atoms with Crippen molar-refractivity contribution in [2.75, 3.05) is 19.8 Å². The first-order chi connectivity index (χ1) is 10.1. The van der Waals surface area contributed by atoms with Crippen molar-refractivity contribution >= 4 is 21.9 Å². The van der Waals surface area contributed by atoms with Crippen molar-refractivity contribution < 1.29 is 24.1 Å². The maximum atomic E-state index is 11.1. The number of carbonyl (C=O) groups is 1. The summed E-state index contributed by atoms with van der Waals surface area (Å²) in [6, 6.07) is 5.04. The molecule has 2 unspecified atom stereocenters. The van der Waals surface area contributed by atoms with Crippen molar-refractivity contribution in [2.45, 2.75) is 31.0 Å². The highest BCUT2D eigenvalue weighted by Gasteiger charge is 2.41. The van der Waals surface area contributed by atoms with Crippen molar-refractivity contribution in [1.29, 1.82) is 0 Å². The van der Waals surface area contributed by atoms with E-state index in [2.05, 4.69) is 15.9 Å². The van der Waals surface area contributed by atoms with Crippen LogP contribution in [0.4, 0.5) is 0 Å². The van der Waals surface area contributed by atoms with Crippen LogP contribution in [-0.2, 0) is 9.47 Å². The number of benzene rings is 1. The smallest absolute Gasteiger partial charge is 0.336 e. The van der Waals surface area contributed by atoms with Crippen molar-refractivity contribution in [2.24, 2.45) is 0 Å². The zero-order valence-corrected chi connectivity index (χ0v) is 13.1. The van der Waals surface area contributed by atoms with Crippen LogP contribution in [0, 0.1) is 0 Å². The molecule has 0 aromatic heterocycles. The van der Waals surface area contributed by atoms with Gasteiger partial charge in [-0.3, -0.25) is 0 Å². The molecule has 0 amide bonds. The van der Waals surface area contributed by atoms with Gasteiger partial charge in [-0.25, -0.2) is 4.79 Å². The molecule has 1 spiro atoms. The summed E-state index contributed by atoms with van der Waals surface area (Å²) in [6.07, 6.45) is 2.52. The number of rotatable bonds is 3. The van der Waals surface area contributed by atoms with Gasteiger partial charge < -0.3 is 19.3 Å². The molecule has 114 valence electrons. The molecule has 1 aromatic rings. The number of hydrogen-bond acceptors (Lipinski definition) is 4. The Kier molecular flexibility index (Phi) is 4.19. The van der Waals surface area contributed by atoms with E-state index < -0.39 is 5.97 Å². The Morgan fingerprint density at radius 3 is 3.00 bits per heavy atom. The van der Waals surface area contributed by atoms with E-state index in [4.69, 9.17) is 19.3 Å². The van der Waals surface area contributed by atoms with Crippen LogP contribution >= 0.6 is 15.9 Å². The van der Waals surface area contributed by atoms with Gasteiger partial charge in [-0.1, -0.05) is 0 Å². The van der Waals surface area contributed by atoms with E-state index in [1.54, 1.807) is 18.2 Å². The average molecular weight is 357 g/mol. The Bertz CT molecular complexity index is 539. The Morgan fingerprint density at radius 1 is 1.43 bits per heavy atom. The summed E-state index contributed by atoms with van der Waals surface area (Å²) in [5.41, 5.74) is -0.00746. The average Bonchev–Trinajstić information content (AvgIpc) is 2.88. The number of carboxylic acid groups (broad SMARTS) is 1. The molecule has 6 heteroatoms. The second kappa shape index (κ2) is 5.94. The molecule has 2 aliphatic rings. The fraction of sp³-hybridized carbons (Fsp3) is 0.533. The zero-order chi connectivity index (χ0) is 14.9. The first-order valence-corrected chi connectivity index (χ1v) is 7.78. The fourth-order valence-corrected chi connectivity index (χ4v) is 3.30. The molecule has 2 aliphatic heterocycles. The van der Waals surface area contributed by atoms with Gasteiger partial charge in [0.15, 0.2) is 0 Å². The van der Waals surface area contributed by atoms with Crippen molar-refractivity contribution in [3.05, 3.63) is 28.2 Å². The summed E-state index contributed by atoms with van der Waals surface area (Å²) < 4.78 is 17.8. The van der Waals surface area contributed by atoms with Gasteiger partial charge in [0.05, 0.1) is 24.4 Å². The highest BCUT2D eigenvalue weighted by molar-refractivity contribution is 9.10. The van der Waals surface area contributed by atoms with E-state index in [-0.39, 0.29) is 17.3 Å². The summed E-state index contributed by atoms with van der Waals surface area (Å²) in [4.78, 5) is 11.1. The molecule has 2 fully saturated rings. The standard InChI is InChI=1S/C15H17BrO5/c16-13-2-1-10(7-12(13)14(17)18)21-11-3-5-20-15(8-11)4-6-19-9-15/h1-2,7,11H,3-6,8-9H2,(H,17,18). The van der Waals surface area contributed by atoms with Gasteiger partial charge in [0.1, 0.15) is 11.9 Å². The predicted molar refractivity (Wildman–Crippen MR) is 78.9 cm³/mol. The Balaban J connectivity index is 1.71. The lowest BCUT2D eigenvalue weighted by molar-refractivity contribution is -0.112. The summed E-state index contributed by atoms with van der Waals surface area (Å²) in [5, 5.41) is 9.14. The van der Waals surface area contributed by atoms with E-state index in [0.717, 1.165) is 25.9 Å². The van der Waals surface area contributed by atoms with Crippen LogP contribution in [0.2, 0.25) is 0 Å². The quantitative estimate of drug-likeness (QED) is 0.901. The van der Waals surface area contributed by atoms with E-state index in [1.807, 2.05) is 0 Å². The first kappa shape index (κ1) is 14.8. The minimum Gasteiger partial charge on any atom is -0.490 e. The number of hydrogen-bond donors (Lipinski definition) is 1. The molecular weight excluding hydrogens is 340 g/mol. The minimum absolute atomic E-state index is 0.0308. The van der Waals surface area contributed by atoms with Gasteiger partial charge in [-0.15, -0.1) is 0 Å². The molecule has 1 aromatic carbocycles. The molecule has 1 N–H and O–H groups in total. The van der Waals surface area contributed by atoms with Gasteiger partial charge in [-0.2, -0.15) is 0 Å². The lowest BCUT2D eigenvalue weighted by Gasteiger charge is -2.37. The zero-order valence-electron chi connectivity index (χ0n) is 11.5. The maximum Gasteiger partial charge on any atom is 0.336 e. The summed E-state index contributed by atoms with van der Waals surface area (Å²) in [7, 11) is 0. The third-order valence-corrected chi connectivity index (χ3v) is 4.68. The Hall–Kier alpha value is -1.11. The third-order valence-electron chi connectivity index (χ3n) is 3.99. The molecular formula is C15H17BrO5. The second-order valence-corrected chi connectivity index (χ2v) is 6.37. The molecule has 0 saturated carbocycles. The number of ether oxygens (including phenoxy) is 3. The van der Waals surface area contributed by atoms with Gasteiger partial charge in [0.2, 0.25) is 0 Å². The molecule has 2 heterocycles. The second-order valence-electron chi connectivity index (χ2n) is 5.51. The highest BCUT2D eigenvalue weighted by atomic mass is 79.9. The van der Waals surface area contributed by atoms with Crippen molar-refractivity contribution in [3.63, 3.8) is 0 Å². The Morgan fingerprint density at radius 2 is 2.29 bits per heavy atom. The van der Waals surface area contributed by atoms with Gasteiger partial charge in [-0.05, 0) is 34.1 Å². The summed E-state index contributed by atoms with van der Waals surface area (Å²) in [5.74, 6) is -0.392.